The molecule has 30 heavy (non-hydrogen) atoms. The maximum Gasteiger partial charge on any atom is 0.194 e. The summed E-state index contributed by atoms with van der Waals surface area (Å²) in [6.07, 6.45) is 0. The van der Waals surface area contributed by atoms with E-state index < -0.39 is 7.42 Å². The van der Waals surface area contributed by atoms with E-state index in [1.54, 1.807) is 0 Å². The molecule has 0 amide bonds. The van der Waals surface area contributed by atoms with Gasteiger partial charge in [-0.3, -0.25) is 14.1 Å². The largest absolute Gasteiger partial charge is 0.379 e. The van der Waals surface area contributed by atoms with Gasteiger partial charge < -0.3 is 4.74 Å². The standard InChI is InChI=1S/C23H49N2O2PS2/c1-17(2)24(18(3)4)28(25(19(5)6)20(7)8)29-15-14-27-16-23(12,13)30-21(26)22(9,10)11/h17-20H,14-16H2,1-13H3. The molecule has 0 rings (SSSR count). The lowest BCUT2D eigenvalue weighted by Gasteiger charge is -2.46. The van der Waals surface area contributed by atoms with Crippen LogP contribution < -0.4 is 0 Å². The lowest BCUT2D eigenvalue weighted by atomic mass is 9.99. The molecule has 0 spiro atoms. The van der Waals surface area contributed by atoms with Crippen LogP contribution in [0.3, 0.4) is 0 Å². The number of thioether (sulfide) groups is 1. The van der Waals surface area contributed by atoms with Crippen LogP contribution in [0.1, 0.15) is 90.0 Å². The Kier molecular flexibility index (Phi) is 13.7. The smallest absolute Gasteiger partial charge is 0.194 e. The number of carbonyl (C=O) groups excluding carboxylic acids is 1. The minimum atomic E-state index is -0.475. The van der Waals surface area contributed by atoms with Crippen LogP contribution in [0.15, 0.2) is 0 Å². The average Bonchev–Trinajstić information content (AvgIpc) is 2.51. The highest BCUT2D eigenvalue weighted by Crippen LogP contribution is 2.59. The van der Waals surface area contributed by atoms with Gasteiger partial charge in [-0.2, -0.15) is 0 Å². The molecule has 0 fully saturated rings. The van der Waals surface area contributed by atoms with E-state index >= 15 is 0 Å². The Bertz CT molecular complexity index is 470. The SMILES string of the molecule is CC(C)N(C(C)C)P(SCCOCC(C)(C)SC(=O)C(C)(C)C)N(C(C)C)C(C)C. The number of ether oxygens (including phenoxy) is 1. The van der Waals surface area contributed by atoms with E-state index in [-0.39, 0.29) is 15.3 Å². The highest BCUT2D eigenvalue weighted by molar-refractivity contribution is 8.54. The van der Waals surface area contributed by atoms with E-state index in [0.29, 0.717) is 37.4 Å². The predicted molar refractivity (Wildman–Crippen MR) is 141 cm³/mol. The second-order valence-corrected chi connectivity index (χ2v) is 16.2. The van der Waals surface area contributed by atoms with E-state index in [1.807, 2.05) is 32.2 Å². The van der Waals surface area contributed by atoms with Crippen LogP contribution in [0.2, 0.25) is 0 Å². The highest BCUT2D eigenvalue weighted by Gasteiger charge is 2.33. The van der Waals surface area contributed by atoms with Gasteiger partial charge >= 0.3 is 0 Å². The first-order valence-corrected chi connectivity index (χ1v) is 15.0. The van der Waals surface area contributed by atoms with Gasteiger partial charge in [-0.05, 0) is 69.2 Å². The summed E-state index contributed by atoms with van der Waals surface area (Å²) in [7, 11) is -0.475. The van der Waals surface area contributed by atoms with E-state index in [0.717, 1.165) is 5.75 Å². The molecule has 0 radical (unpaired) electrons. The number of carbonyl (C=O) groups is 1. The summed E-state index contributed by atoms with van der Waals surface area (Å²) in [5.41, 5.74) is -0.318. The van der Waals surface area contributed by atoms with Gasteiger partial charge in [-0.15, -0.1) is 0 Å². The average molecular weight is 481 g/mol. The molecule has 0 aromatic heterocycles. The molecule has 7 heteroatoms. The molecule has 0 N–H and O–H groups in total. The molecule has 0 bridgehead atoms. The summed E-state index contributed by atoms with van der Waals surface area (Å²) in [4.78, 5) is 12.4. The molecule has 0 unspecified atom stereocenters. The van der Waals surface area contributed by atoms with Gasteiger partial charge in [0.2, 0.25) is 0 Å². The summed E-state index contributed by atoms with van der Waals surface area (Å²) in [6, 6.07) is 2.01. The van der Waals surface area contributed by atoms with Crippen molar-refractivity contribution < 1.29 is 9.53 Å². The van der Waals surface area contributed by atoms with Crippen molar-refractivity contribution in [3.63, 3.8) is 0 Å². The van der Waals surface area contributed by atoms with Gasteiger partial charge in [0.1, 0.15) is 7.42 Å². The molecular weight excluding hydrogens is 431 g/mol. The minimum absolute atomic E-state index is 0.205. The Hall–Kier alpha value is 0.680. The molecule has 0 aliphatic rings. The van der Waals surface area contributed by atoms with Crippen molar-refractivity contribution in [2.24, 2.45) is 5.41 Å². The Balaban J connectivity index is 4.96. The van der Waals surface area contributed by atoms with E-state index in [9.17, 15) is 4.79 Å². The fraction of sp³-hybridized carbons (Fsp3) is 0.957. The Morgan fingerprint density at radius 1 is 0.833 bits per heavy atom. The molecule has 4 nitrogen and oxygen atoms in total. The fourth-order valence-corrected chi connectivity index (χ4v) is 10.3. The van der Waals surface area contributed by atoms with Gasteiger partial charge in [0.15, 0.2) is 5.12 Å². The lowest BCUT2D eigenvalue weighted by molar-refractivity contribution is -0.117. The third-order valence-corrected chi connectivity index (χ3v) is 11.4. The van der Waals surface area contributed by atoms with Crippen molar-refractivity contribution in [2.45, 2.75) is 119 Å². The zero-order chi connectivity index (χ0) is 23.9. The summed E-state index contributed by atoms with van der Waals surface area (Å²) >= 11 is 3.45. The molecule has 180 valence electrons. The topological polar surface area (TPSA) is 32.8 Å². The second kappa shape index (κ2) is 13.4. The van der Waals surface area contributed by atoms with Crippen molar-refractivity contribution in [1.82, 2.24) is 9.34 Å². The van der Waals surface area contributed by atoms with Gasteiger partial charge in [-0.1, -0.05) is 43.9 Å². The van der Waals surface area contributed by atoms with Crippen LogP contribution >= 0.6 is 30.6 Å². The Morgan fingerprint density at radius 2 is 1.23 bits per heavy atom. The highest BCUT2D eigenvalue weighted by atomic mass is 32.7. The predicted octanol–water partition coefficient (Wildman–Crippen LogP) is 7.29. The third kappa shape index (κ3) is 11.0. The zero-order valence-corrected chi connectivity index (χ0v) is 24.4. The van der Waals surface area contributed by atoms with Gasteiger partial charge in [-0.25, -0.2) is 0 Å². The monoisotopic (exact) mass is 480 g/mol. The number of hydrogen-bond acceptors (Lipinski definition) is 6. The van der Waals surface area contributed by atoms with Crippen LogP contribution in [0.4, 0.5) is 0 Å². The van der Waals surface area contributed by atoms with E-state index in [4.69, 9.17) is 4.74 Å². The number of rotatable bonds is 13. The molecule has 0 heterocycles. The quantitative estimate of drug-likeness (QED) is 0.203. The van der Waals surface area contributed by atoms with Crippen LogP contribution in [0, 0.1) is 5.41 Å². The number of nitrogens with zero attached hydrogens (tertiary/aromatic N) is 2. The van der Waals surface area contributed by atoms with Crippen molar-refractivity contribution in [3.8, 4) is 0 Å². The molecule has 0 aliphatic carbocycles. The molecule has 0 saturated heterocycles. The van der Waals surface area contributed by atoms with Gasteiger partial charge in [0, 0.05) is 40.1 Å². The second-order valence-electron chi connectivity index (χ2n) is 10.7. The van der Waals surface area contributed by atoms with Crippen molar-refractivity contribution in [1.29, 1.82) is 0 Å². The first-order chi connectivity index (χ1) is 13.5. The summed E-state index contributed by atoms with van der Waals surface area (Å²) < 4.78 is 11.2. The molecular formula is C23H49N2O2PS2. The minimum Gasteiger partial charge on any atom is -0.379 e. The van der Waals surface area contributed by atoms with Crippen LogP contribution in [-0.4, -0.2) is 62.3 Å². The van der Waals surface area contributed by atoms with Crippen molar-refractivity contribution in [2.75, 3.05) is 19.0 Å². The van der Waals surface area contributed by atoms with Crippen LogP contribution in [-0.2, 0) is 9.53 Å². The van der Waals surface area contributed by atoms with Crippen molar-refractivity contribution >= 4 is 35.7 Å². The normalized spacial score (nSPS) is 13.9. The zero-order valence-electron chi connectivity index (χ0n) is 21.9. The molecule has 0 aromatic rings. The maximum absolute atomic E-state index is 12.4. The Morgan fingerprint density at radius 3 is 1.57 bits per heavy atom. The van der Waals surface area contributed by atoms with Crippen LogP contribution in [0.25, 0.3) is 0 Å². The summed E-state index contributed by atoms with van der Waals surface area (Å²) in [5.74, 6) is 0.964. The van der Waals surface area contributed by atoms with E-state index in [1.165, 1.54) is 11.8 Å². The van der Waals surface area contributed by atoms with Crippen LogP contribution in [0.5, 0.6) is 0 Å². The Labute approximate surface area is 197 Å². The molecule has 0 atom stereocenters. The van der Waals surface area contributed by atoms with Gasteiger partial charge in [0.25, 0.3) is 0 Å². The third-order valence-electron chi connectivity index (χ3n) is 4.38. The fourth-order valence-electron chi connectivity index (χ4n) is 3.16. The van der Waals surface area contributed by atoms with E-state index in [2.05, 4.69) is 78.6 Å². The van der Waals surface area contributed by atoms with Gasteiger partial charge in [0.05, 0.1) is 13.2 Å². The summed E-state index contributed by atoms with van der Waals surface area (Å²) in [6.45, 7) is 29.8. The molecule has 0 aromatic carbocycles. The summed E-state index contributed by atoms with van der Waals surface area (Å²) in [5, 5.41) is 0.225. The number of hydrogen-bond donors (Lipinski definition) is 0. The maximum atomic E-state index is 12.4. The molecule has 0 aliphatic heterocycles. The lowest BCUT2D eigenvalue weighted by Crippen LogP contribution is -2.41. The first-order valence-electron chi connectivity index (χ1n) is 11.3. The van der Waals surface area contributed by atoms with Crippen molar-refractivity contribution in [3.05, 3.63) is 0 Å². The molecule has 0 saturated carbocycles. The first kappa shape index (κ1) is 30.7.